The second kappa shape index (κ2) is 7.55. The maximum absolute atomic E-state index is 12.0. The van der Waals surface area contributed by atoms with Crippen molar-refractivity contribution >= 4 is 34.6 Å². The summed E-state index contributed by atoms with van der Waals surface area (Å²) in [5.74, 6) is -0.743. The SMILES string of the molecule is COC(=O)C(C)c1cccc(C)c1SC(=O)N(C)CCl. The van der Waals surface area contributed by atoms with Crippen LogP contribution in [0.25, 0.3) is 0 Å². The molecule has 0 bridgehead atoms. The predicted molar refractivity (Wildman–Crippen MR) is 81.3 cm³/mol. The zero-order chi connectivity index (χ0) is 15.3. The number of benzene rings is 1. The Bertz CT molecular complexity index is 507. The molecule has 1 aromatic rings. The van der Waals surface area contributed by atoms with Crippen LogP contribution in [0.3, 0.4) is 0 Å². The van der Waals surface area contributed by atoms with E-state index < -0.39 is 5.92 Å². The van der Waals surface area contributed by atoms with Gasteiger partial charge in [0.2, 0.25) is 0 Å². The van der Waals surface area contributed by atoms with E-state index in [2.05, 4.69) is 0 Å². The number of aryl methyl sites for hydroxylation is 1. The zero-order valence-corrected chi connectivity index (χ0v) is 13.5. The van der Waals surface area contributed by atoms with Crippen molar-refractivity contribution in [2.45, 2.75) is 24.7 Å². The van der Waals surface area contributed by atoms with E-state index in [1.807, 2.05) is 25.1 Å². The van der Waals surface area contributed by atoms with E-state index in [1.165, 1.54) is 12.0 Å². The summed E-state index contributed by atoms with van der Waals surface area (Å²) in [5.41, 5.74) is 1.73. The standard InChI is InChI=1S/C14H18ClNO3S/c1-9-6-5-7-11(10(2)13(17)19-4)12(9)20-14(18)16(3)8-15/h5-7,10H,8H2,1-4H3. The van der Waals surface area contributed by atoms with Crippen LogP contribution >= 0.6 is 23.4 Å². The van der Waals surface area contributed by atoms with Crippen LogP contribution in [0.4, 0.5) is 4.79 Å². The lowest BCUT2D eigenvalue weighted by molar-refractivity contribution is -0.142. The Labute approximate surface area is 128 Å². The van der Waals surface area contributed by atoms with Gasteiger partial charge in [0.25, 0.3) is 5.24 Å². The maximum Gasteiger partial charge on any atom is 0.312 e. The number of hydrogen-bond donors (Lipinski definition) is 0. The van der Waals surface area contributed by atoms with Gasteiger partial charge in [-0.2, -0.15) is 0 Å². The highest BCUT2D eigenvalue weighted by Gasteiger charge is 2.22. The molecule has 1 atom stereocenters. The molecule has 0 aliphatic carbocycles. The summed E-state index contributed by atoms with van der Waals surface area (Å²) in [6.07, 6.45) is 0. The Hall–Kier alpha value is -1.20. The lowest BCUT2D eigenvalue weighted by Crippen LogP contribution is -2.21. The summed E-state index contributed by atoms with van der Waals surface area (Å²) in [6, 6.07) is 5.73. The van der Waals surface area contributed by atoms with Crippen molar-refractivity contribution in [3.05, 3.63) is 29.3 Å². The van der Waals surface area contributed by atoms with Crippen LogP contribution in [0.1, 0.15) is 24.0 Å². The number of amides is 1. The first-order valence-electron chi connectivity index (χ1n) is 6.08. The fourth-order valence-corrected chi connectivity index (χ4v) is 2.84. The number of carbonyl (C=O) groups is 2. The summed E-state index contributed by atoms with van der Waals surface area (Å²) < 4.78 is 4.77. The predicted octanol–water partition coefficient (Wildman–Crippen LogP) is 3.61. The van der Waals surface area contributed by atoms with Crippen molar-refractivity contribution < 1.29 is 14.3 Å². The molecular weight excluding hydrogens is 298 g/mol. The highest BCUT2D eigenvalue weighted by molar-refractivity contribution is 8.13. The summed E-state index contributed by atoms with van der Waals surface area (Å²) in [7, 11) is 2.98. The van der Waals surface area contributed by atoms with Crippen LogP contribution in [-0.2, 0) is 9.53 Å². The molecule has 1 amide bonds. The van der Waals surface area contributed by atoms with Gasteiger partial charge >= 0.3 is 5.97 Å². The molecule has 20 heavy (non-hydrogen) atoms. The lowest BCUT2D eigenvalue weighted by atomic mass is 9.99. The average molecular weight is 316 g/mol. The van der Waals surface area contributed by atoms with Crippen LogP contribution in [0.15, 0.2) is 23.1 Å². The molecule has 0 saturated carbocycles. The largest absolute Gasteiger partial charge is 0.469 e. The molecular formula is C14H18ClNO3S. The highest BCUT2D eigenvalue weighted by atomic mass is 35.5. The second-order valence-corrected chi connectivity index (χ2v) is 5.62. The van der Waals surface area contributed by atoms with Gasteiger partial charge in [0.15, 0.2) is 0 Å². The van der Waals surface area contributed by atoms with Gasteiger partial charge in [-0.15, -0.1) is 11.6 Å². The quantitative estimate of drug-likeness (QED) is 0.368. The Kier molecular flexibility index (Phi) is 6.36. The molecule has 0 heterocycles. The Balaban J connectivity index is 3.12. The van der Waals surface area contributed by atoms with Crippen LogP contribution in [0.5, 0.6) is 0 Å². The van der Waals surface area contributed by atoms with E-state index in [0.29, 0.717) is 0 Å². The van der Waals surface area contributed by atoms with Crippen LogP contribution in [0.2, 0.25) is 0 Å². The topological polar surface area (TPSA) is 46.6 Å². The van der Waals surface area contributed by atoms with Crippen molar-refractivity contribution in [2.75, 3.05) is 20.2 Å². The fraction of sp³-hybridized carbons (Fsp3) is 0.429. The Morgan fingerprint density at radius 1 is 1.45 bits per heavy atom. The number of esters is 1. The van der Waals surface area contributed by atoms with E-state index in [1.54, 1.807) is 14.0 Å². The molecule has 0 saturated heterocycles. The number of rotatable bonds is 4. The molecule has 1 rings (SSSR count). The number of methoxy groups -OCH3 is 1. The van der Waals surface area contributed by atoms with E-state index in [-0.39, 0.29) is 17.2 Å². The van der Waals surface area contributed by atoms with Crippen LogP contribution in [-0.4, -0.2) is 36.3 Å². The van der Waals surface area contributed by atoms with Gasteiger partial charge in [-0.25, -0.2) is 0 Å². The molecule has 0 aliphatic heterocycles. The molecule has 0 aliphatic rings. The summed E-state index contributed by atoms with van der Waals surface area (Å²) >= 11 is 6.73. The molecule has 0 spiro atoms. The molecule has 6 heteroatoms. The summed E-state index contributed by atoms with van der Waals surface area (Å²) in [4.78, 5) is 25.9. The number of hydrogen-bond acceptors (Lipinski definition) is 4. The third-order valence-corrected chi connectivity index (χ3v) is 4.55. The number of carbonyl (C=O) groups excluding carboxylic acids is 2. The minimum Gasteiger partial charge on any atom is -0.469 e. The van der Waals surface area contributed by atoms with E-state index in [9.17, 15) is 9.59 Å². The summed E-state index contributed by atoms with van der Waals surface area (Å²) in [6.45, 7) is 3.67. The average Bonchev–Trinajstić information content (AvgIpc) is 2.46. The number of thioether (sulfide) groups is 1. The van der Waals surface area contributed by atoms with Crippen molar-refractivity contribution in [2.24, 2.45) is 0 Å². The van der Waals surface area contributed by atoms with Crippen molar-refractivity contribution in [1.82, 2.24) is 4.90 Å². The zero-order valence-electron chi connectivity index (χ0n) is 12.0. The van der Waals surface area contributed by atoms with Gasteiger partial charge in [-0.3, -0.25) is 9.59 Å². The van der Waals surface area contributed by atoms with Crippen LogP contribution in [0, 0.1) is 6.92 Å². The molecule has 1 unspecified atom stereocenters. The molecule has 110 valence electrons. The van der Waals surface area contributed by atoms with Gasteiger partial charge in [0, 0.05) is 11.9 Å². The molecule has 4 nitrogen and oxygen atoms in total. The number of ether oxygens (including phenoxy) is 1. The first-order valence-corrected chi connectivity index (χ1v) is 7.43. The maximum atomic E-state index is 12.0. The molecule has 0 fully saturated rings. The van der Waals surface area contributed by atoms with Gasteiger partial charge < -0.3 is 9.64 Å². The van der Waals surface area contributed by atoms with Gasteiger partial charge in [-0.1, -0.05) is 18.2 Å². The van der Waals surface area contributed by atoms with Crippen LogP contribution < -0.4 is 0 Å². The lowest BCUT2D eigenvalue weighted by Gasteiger charge is -2.18. The van der Waals surface area contributed by atoms with E-state index in [4.69, 9.17) is 16.3 Å². The van der Waals surface area contributed by atoms with Gasteiger partial charge in [0.05, 0.1) is 19.0 Å². The summed E-state index contributed by atoms with van der Waals surface area (Å²) in [5, 5.41) is -0.160. The first-order chi connectivity index (χ1) is 9.42. The first kappa shape index (κ1) is 16.9. The minimum absolute atomic E-state index is 0.125. The smallest absolute Gasteiger partial charge is 0.312 e. The van der Waals surface area contributed by atoms with E-state index in [0.717, 1.165) is 27.8 Å². The van der Waals surface area contributed by atoms with Gasteiger partial charge in [0.1, 0.15) is 0 Å². The normalized spacial score (nSPS) is 11.8. The van der Waals surface area contributed by atoms with Gasteiger partial charge in [-0.05, 0) is 36.7 Å². The fourth-order valence-electron chi connectivity index (χ4n) is 1.67. The van der Waals surface area contributed by atoms with Crippen molar-refractivity contribution in [1.29, 1.82) is 0 Å². The number of nitrogens with zero attached hydrogens (tertiary/aromatic N) is 1. The molecule has 0 aromatic heterocycles. The molecule has 0 radical (unpaired) electrons. The molecule has 0 N–H and O–H groups in total. The third-order valence-electron chi connectivity index (χ3n) is 2.94. The monoisotopic (exact) mass is 315 g/mol. The second-order valence-electron chi connectivity index (χ2n) is 4.42. The van der Waals surface area contributed by atoms with Crippen molar-refractivity contribution in [3.63, 3.8) is 0 Å². The number of halogens is 1. The third kappa shape index (κ3) is 3.90. The Morgan fingerprint density at radius 2 is 2.10 bits per heavy atom. The Morgan fingerprint density at radius 3 is 2.65 bits per heavy atom. The minimum atomic E-state index is -0.420. The highest BCUT2D eigenvalue weighted by Crippen LogP contribution is 2.33. The van der Waals surface area contributed by atoms with Crippen molar-refractivity contribution in [3.8, 4) is 0 Å². The number of alkyl halides is 1. The molecule has 1 aromatic carbocycles. The van der Waals surface area contributed by atoms with E-state index >= 15 is 0 Å².